The van der Waals surface area contributed by atoms with Crippen molar-refractivity contribution in [3.8, 4) is 22.4 Å². The standard InChI is InChI=1S/C26H21N5O/c1-15-10-22(24(28-2)19-7-5-4-6-18(15)19)25-23(14-30-31(25)3)16-8-9-20-21(11-16)17(12-27)13-29-26(20)32/h4-11,13-14H,12,27H2,1,3H3,(H,29,32). The van der Waals surface area contributed by atoms with Crippen LogP contribution in [0.2, 0.25) is 0 Å². The summed E-state index contributed by atoms with van der Waals surface area (Å²) in [7, 11) is 1.88. The zero-order valence-corrected chi connectivity index (χ0v) is 17.8. The van der Waals surface area contributed by atoms with Crippen LogP contribution in [0.5, 0.6) is 0 Å². The lowest BCUT2D eigenvalue weighted by Crippen LogP contribution is -2.09. The van der Waals surface area contributed by atoms with E-state index in [1.807, 2.05) is 55.7 Å². The summed E-state index contributed by atoms with van der Waals surface area (Å²) >= 11 is 0. The van der Waals surface area contributed by atoms with Crippen molar-refractivity contribution in [3.05, 3.63) is 93.8 Å². The van der Waals surface area contributed by atoms with Gasteiger partial charge >= 0.3 is 0 Å². The van der Waals surface area contributed by atoms with E-state index in [1.54, 1.807) is 10.9 Å². The second kappa shape index (κ2) is 7.49. The fraction of sp³-hybridized carbons (Fsp3) is 0.115. The van der Waals surface area contributed by atoms with Gasteiger partial charge in [-0.1, -0.05) is 36.4 Å². The molecule has 0 bridgehead atoms. The summed E-state index contributed by atoms with van der Waals surface area (Å²) in [5.41, 5.74) is 11.9. The normalized spacial score (nSPS) is 11.2. The summed E-state index contributed by atoms with van der Waals surface area (Å²) in [5, 5.41) is 7.94. The Bertz CT molecular complexity index is 1620. The number of aromatic amines is 1. The second-order valence-corrected chi connectivity index (χ2v) is 7.89. The molecule has 0 aliphatic heterocycles. The number of rotatable bonds is 3. The first-order valence-corrected chi connectivity index (χ1v) is 10.3. The molecule has 3 N–H and O–H groups in total. The smallest absolute Gasteiger partial charge is 0.255 e. The van der Waals surface area contributed by atoms with E-state index in [1.165, 1.54) is 0 Å². The molecule has 0 amide bonds. The van der Waals surface area contributed by atoms with E-state index in [0.717, 1.165) is 49.7 Å². The van der Waals surface area contributed by atoms with Gasteiger partial charge < -0.3 is 10.7 Å². The van der Waals surface area contributed by atoms with Gasteiger partial charge in [0.25, 0.3) is 5.56 Å². The van der Waals surface area contributed by atoms with Crippen molar-refractivity contribution in [1.29, 1.82) is 0 Å². The maximum Gasteiger partial charge on any atom is 0.255 e. The van der Waals surface area contributed by atoms with Gasteiger partial charge in [-0.2, -0.15) is 5.10 Å². The molecule has 2 aromatic heterocycles. The number of aryl methyl sites for hydroxylation is 2. The molecule has 0 fully saturated rings. The molecule has 156 valence electrons. The molecule has 0 aliphatic carbocycles. The van der Waals surface area contributed by atoms with Crippen molar-refractivity contribution in [2.45, 2.75) is 13.5 Å². The van der Waals surface area contributed by atoms with Gasteiger partial charge in [-0.15, -0.1) is 0 Å². The third-order valence-corrected chi connectivity index (χ3v) is 6.05. The van der Waals surface area contributed by atoms with E-state index < -0.39 is 0 Å². The maximum absolute atomic E-state index is 12.3. The van der Waals surface area contributed by atoms with Crippen molar-refractivity contribution in [2.24, 2.45) is 12.8 Å². The second-order valence-electron chi connectivity index (χ2n) is 7.89. The van der Waals surface area contributed by atoms with Crippen LogP contribution in [0.1, 0.15) is 11.1 Å². The first-order chi connectivity index (χ1) is 15.5. The summed E-state index contributed by atoms with van der Waals surface area (Å²) in [6.07, 6.45) is 3.48. The van der Waals surface area contributed by atoms with E-state index in [-0.39, 0.29) is 5.56 Å². The van der Waals surface area contributed by atoms with Crippen molar-refractivity contribution in [3.63, 3.8) is 0 Å². The number of nitrogens with zero attached hydrogens (tertiary/aromatic N) is 3. The SMILES string of the molecule is [C-]#[N+]c1c(-c2c(-c3ccc4c(=O)[nH]cc(CN)c4c3)cnn2C)cc(C)c2ccccc12. The summed E-state index contributed by atoms with van der Waals surface area (Å²) in [4.78, 5) is 18.9. The Labute approximate surface area is 184 Å². The van der Waals surface area contributed by atoms with Crippen LogP contribution in [0.3, 0.4) is 0 Å². The zero-order valence-electron chi connectivity index (χ0n) is 17.8. The molecule has 2 heterocycles. The first kappa shape index (κ1) is 19.7. The number of benzene rings is 3. The third-order valence-electron chi connectivity index (χ3n) is 6.05. The first-order valence-electron chi connectivity index (χ1n) is 10.3. The minimum atomic E-state index is -0.143. The molecular formula is C26H21N5O. The van der Waals surface area contributed by atoms with Gasteiger partial charge in [0, 0.05) is 36.3 Å². The Morgan fingerprint density at radius 3 is 2.59 bits per heavy atom. The Hall–Kier alpha value is -4.21. The molecule has 0 aliphatic rings. The number of fused-ring (bicyclic) bond motifs is 2. The number of nitrogens with one attached hydrogen (secondary N) is 1. The fourth-order valence-corrected chi connectivity index (χ4v) is 4.46. The lowest BCUT2D eigenvalue weighted by Gasteiger charge is -2.14. The van der Waals surface area contributed by atoms with Crippen molar-refractivity contribution >= 4 is 27.2 Å². The highest BCUT2D eigenvalue weighted by molar-refractivity contribution is 6.05. The van der Waals surface area contributed by atoms with Gasteiger partial charge in [0.2, 0.25) is 5.69 Å². The van der Waals surface area contributed by atoms with E-state index in [4.69, 9.17) is 12.3 Å². The molecule has 0 radical (unpaired) electrons. The van der Waals surface area contributed by atoms with E-state index in [0.29, 0.717) is 17.6 Å². The molecule has 0 unspecified atom stereocenters. The maximum atomic E-state index is 12.3. The summed E-state index contributed by atoms with van der Waals surface area (Å²) in [5.74, 6) is 0. The van der Waals surface area contributed by atoms with Gasteiger partial charge in [-0.05, 0) is 51.9 Å². The number of H-pyrrole nitrogens is 1. The molecule has 5 rings (SSSR count). The number of hydrogen-bond donors (Lipinski definition) is 2. The Balaban J connectivity index is 1.81. The highest BCUT2D eigenvalue weighted by atomic mass is 16.1. The van der Waals surface area contributed by atoms with Crippen LogP contribution in [-0.2, 0) is 13.6 Å². The number of nitrogens with two attached hydrogens (primary N) is 1. The van der Waals surface area contributed by atoms with Gasteiger partial charge in [-0.25, -0.2) is 4.85 Å². The lowest BCUT2D eigenvalue weighted by molar-refractivity contribution is 0.776. The molecule has 32 heavy (non-hydrogen) atoms. The molecule has 0 saturated carbocycles. The molecule has 3 aromatic carbocycles. The van der Waals surface area contributed by atoms with E-state index >= 15 is 0 Å². The van der Waals surface area contributed by atoms with Gasteiger partial charge in [-0.3, -0.25) is 9.48 Å². The Morgan fingerprint density at radius 2 is 1.84 bits per heavy atom. The zero-order chi connectivity index (χ0) is 22.4. The Kier molecular flexibility index (Phi) is 4.62. The van der Waals surface area contributed by atoms with Gasteiger partial charge in [0.05, 0.1) is 18.5 Å². The predicted molar refractivity (Wildman–Crippen MR) is 129 cm³/mol. The van der Waals surface area contributed by atoms with Crippen LogP contribution in [0.4, 0.5) is 5.69 Å². The van der Waals surface area contributed by atoms with Gasteiger partial charge in [0.15, 0.2) is 0 Å². The summed E-state index contributed by atoms with van der Waals surface area (Å²) in [6, 6.07) is 15.8. The van der Waals surface area contributed by atoms with Crippen LogP contribution in [0.25, 0.3) is 48.8 Å². The molecule has 0 spiro atoms. The number of aromatic nitrogens is 3. The predicted octanol–water partition coefficient (Wildman–Crippen LogP) is 5.07. The van der Waals surface area contributed by atoms with E-state index in [2.05, 4.69) is 27.9 Å². The van der Waals surface area contributed by atoms with Crippen LogP contribution >= 0.6 is 0 Å². The molecule has 6 heteroatoms. The van der Waals surface area contributed by atoms with Crippen LogP contribution in [0.15, 0.2) is 65.7 Å². The number of pyridine rings is 1. The van der Waals surface area contributed by atoms with E-state index in [9.17, 15) is 4.79 Å². The van der Waals surface area contributed by atoms with Crippen molar-refractivity contribution < 1.29 is 0 Å². The molecule has 5 aromatic rings. The molecular weight excluding hydrogens is 398 g/mol. The lowest BCUT2D eigenvalue weighted by atomic mass is 9.93. The molecule has 0 atom stereocenters. The number of hydrogen-bond acceptors (Lipinski definition) is 3. The topological polar surface area (TPSA) is 81.1 Å². The van der Waals surface area contributed by atoms with Crippen molar-refractivity contribution in [2.75, 3.05) is 0 Å². The average molecular weight is 419 g/mol. The van der Waals surface area contributed by atoms with Crippen LogP contribution in [0, 0.1) is 13.5 Å². The third kappa shape index (κ3) is 2.91. The van der Waals surface area contributed by atoms with Crippen LogP contribution in [-0.4, -0.2) is 14.8 Å². The van der Waals surface area contributed by atoms with Crippen LogP contribution < -0.4 is 11.3 Å². The van der Waals surface area contributed by atoms with Crippen molar-refractivity contribution in [1.82, 2.24) is 14.8 Å². The summed E-state index contributed by atoms with van der Waals surface area (Å²) in [6.45, 7) is 10.3. The Morgan fingerprint density at radius 1 is 1.06 bits per heavy atom. The highest BCUT2D eigenvalue weighted by Crippen LogP contribution is 2.42. The quantitative estimate of drug-likeness (QED) is 0.401. The monoisotopic (exact) mass is 419 g/mol. The molecule has 0 saturated heterocycles. The minimum Gasteiger partial charge on any atom is -0.328 e. The van der Waals surface area contributed by atoms with Gasteiger partial charge in [0.1, 0.15) is 0 Å². The largest absolute Gasteiger partial charge is 0.328 e. The minimum absolute atomic E-state index is 0.143. The fourth-order valence-electron chi connectivity index (χ4n) is 4.46. The average Bonchev–Trinajstić information content (AvgIpc) is 3.20. The summed E-state index contributed by atoms with van der Waals surface area (Å²) < 4.78 is 1.80. The molecule has 6 nitrogen and oxygen atoms in total. The highest BCUT2D eigenvalue weighted by Gasteiger charge is 2.20.